The molecule has 0 heterocycles. The van der Waals surface area contributed by atoms with Crippen molar-refractivity contribution in [1.82, 2.24) is 5.32 Å². The maximum Gasteiger partial charge on any atom is 0.332 e. The summed E-state index contributed by atoms with van der Waals surface area (Å²) in [5.74, 6) is 0.360. The number of nitrogens with one attached hydrogen (secondary N) is 1. The number of hydrogen-bond donors (Lipinski definition) is 2. The first-order valence-electron chi connectivity index (χ1n) is 8.45. The Kier molecular flexibility index (Phi) is 6.18. The largest absolute Gasteiger partial charge is 0.334 e. The van der Waals surface area contributed by atoms with Crippen LogP contribution < -0.4 is 9.62 Å². The van der Waals surface area contributed by atoms with Crippen molar-refractivity contribution in [2.45, 2.75) is 71.3 Å². The Morgan fingerprint density at radius 1 is 1.32 bits per heavy atom. The van der Waals surface area contributed by atoms with Gasteiger partial charge in [0, 0.05) is 6.04 Å². The molecule has 1 N–H and O–H groups in total. The first-order valence-corrected chi connectivity index (χ1v) is 8.85. The van der Waals surface area contributed by atoms with E-state index in [1.165, 1.54) is 34.7 Å². The van der Waals surface area contributed by atoms with Crippen molar-refractivity contribution in [3.63, 3.8) is 0 Å². The summed E-state index contributed by atoms with van der Waals surface area (Å²) >= 11 is 4.52. The van der Waals surface area contributed by atoms with Gasteiger partial charge in [-0.15, -0.1) is 0 Å². The molecule has 1 aromatic carbocycles. The smallest absolute Gasteiger partial charge is 0.332 e. The molecule has 2 rings (SSSR count). The van der Waals surface area contributed by atoms with Gasteiger partial charge in [-0.05, 0) is 36.3 Å². The zero-order chi connectivity index (χ0) is 16.1. The Morgan fingerprint density at radius 3 is 2.59 bits per heavy atom. The predicted molar refractivity (Wildman–Crippen MR) is 96.8 cm³/mol. The van der Waals surface area contributed by atoms with E-state index < -0.39 is 0 Å². The summed E-state index contributed by atoms with van der Waals surface area (Å²) in [5.41, 5.74) is 3.30. The molecule has 1 fully saturated rings. The molecule has 1 aliphatic rings. The van der Waals surface area contributed by atoms with E-state index in [0.717, 1.165) is 24.9 Å². The second kappa shape index (κ2) is 7.91. The lowest BCUT2D eigenvalue weighted by molar-refractivity contribution is 0.242. The van der Waals surface area contributed by atoms with Crippen LogP contribution in [0.5, 0.6) is 0 Å². The topological polar surface area (TPSA) is 32.3 Å². The van der Waals surface area contributed by atoms with Crippen LogP contribution in [-0.4, -0.2) is 12.1 Å². The first-order chi connectivity index (χ1) is 10.5. The van der Waals surface area contributed by atoms with E-state index in [0.29, 0.717) is 12.0 Å². The Labute approximate surface area is 140 Å². The van der Waals surface area contributed by atoms with E-state index in [1.807, 2.05) is 0 Å². The summed E-state index contributed by atoms with van der Waals surface area (Å²) in [6, 6.07) is 6.44. The molecule has 122 valence electrons. The molecule has 0 aromatic heterocycles. The Balaban J connectivity index is 2.20. The average molecular weight is 321 g/mol. The molecule has 0 saturated heterocycles. The summed E-state index contributed by atoms with van der Waals surface area (Å²) in [6.07, 6.45) is 6.76. The lowest BCUT2D eigenvalue weighted by Crippen LogP contribution is -2.42. The lowest BCUT2D eigenvalue weighted by Gasteiger charge is -2.28. The molecule has 22 heavy (non-hydrogen) atoms. The highest BCUT2D eigenvalue weighted by Crippen LogP contribution is 2.33. The fraction of sp³-hybridized carbons (Fsp3) is 0.611. The van der Waals surface area contributed by atoms with Crippen molar-refractivity contribution in [2.75, 3.05) is 4.31 Å². The molecular weight excluding hydrogens is 292 g/mol. The SMILES string of the molecule is CCc1cccc(C(C)C)c1N(S)C(=O)NC1CCCCC1. The van der Waals surface area contributed by atoms with Crippen LogP contribution in [-0.2, 0) is 6.42 Å². The van der Waals surface area contributed by atoms with Crippen LogP contribution >= 0.6 is 12.8 Å². The molecule has 0 aliphatic heterocycles. The van der Waals surface area contributed by atoms with E-state index in [9.17, 15) is 4.79 Å². The first kappa shape index (κ1) is 17.2. The standard InChI is InChI=1S/C18H28N2OS/c1-4-14-9-8-12-16(13(2)3)17(14)20(22)18(21)19-15-10-6-5-7-11-15/h8-9,12-13,15,22H,4-7,10-11H2,1-3H3,(H,19,21). The Bertz CT molecular complexity index is 510. The molecule has 1 aromatic rings. The molecule has 0 radical (unpaired) electrons. The summed E-state index contributed by atoms with van der Waals surface area (Å²) in [5, 5.41) is 3.15. The van der Waals surface area contributed by atoms with Crippen molar-refractivity contribution < 1.29 is 4.79 Å². The number of amides is 2. The number of aryl methyl sites for hydroxylation is 1. The van der Waals surface area contributed by atoms with Crippen LogP contribution in [0.3, 0.4) is 0 Å². The van der Waals surface area contributed by atoms with E-state index in [-0.39, 0.29) is 6.03 Å². The van der Waals surface area contributed by atoms with Crippen LogP contribution in [0.1, 0.15) is 69.9 Å². The minimum absolute atomic E-state index is 0.0990. The zero-order valence-electron chi connectivity index (χ0n) is 13.9. The fourth-order valence-corrected chi connectivity index (χ4v) is 3.51. The summed E-state index contributed by atoms with van der Waals surface area (Å²) in [4.78, 5) is 12.6. The molecule has 1 saturated carbocycles. The predicted octanol–water partition coefficient (Wildman–Crippen LogP) is 5.07. The third-order valence-electron chi connectivity index (χ3n) is 4.49. The lowest BCUT2D eigenvalue weighted by atomic mass is 9.95. The van der Waals surface area contributed by atoms with E-state index >= 15 is 0 Å². The molecule has 0 spiro atoms. The number of anilines is 1. The van der Waals surface area contributed by atoms with Gasteiger partial charge in [-0.1, -0.05) is 71.0 Å². The number of urea groups is 1. The third kappa shape index (κ3) is 3.97. The number of thiol groups is 1. The minimum Gasteiger partial charge on any atom is -0.334 e. The quantitative estimate of drug-likeness (QED) is 0.746. The van der Waals surface area contributed by atoms with Crippen LogP contribution in [0.4, 0.5) is 10.5 Å². The molecule has 0 bridgehead atoms. The second-order valence-corrected chi connectivity index (χ2v) is 6.86. The van der Waals surface area contributed by atoms with Crippen LogP contribution in [0, 0.1) is 0 Å². The molecule has 3 nitrogen and oxygen atoms in total. The van der Waals surface area contributed by atoms with Crippen molar-refractivity contribution in [2.24, 2.45) is 0 Å². The number of carbonyl (C=O) groups excluding carboxylic acids is 1. The molecule has 2 amide bonds. The average Bonchev–Trinajstić information content (AvgIpc) is 2.54. The Morgan fingerprint density at radius 2 is 2.00 bits per heavy atom. The van der Waals surface area contributed by atoms with Gasteiger partial charge in [-0.25, -0.2) is 9.10 Å². The number of para-hydroxylation sites is 1. The fourth-order valence-electron chi connectivity index (χ4n) is 3.20. The summed E-state index contributed by atoms with van der Waals surface area (Å²) in [6.45, 7) is 6.42. The van der Waals surface area contributed by atoms with Gasteiger partial charge in [-0.2, -0.15) is 0 Å². The maximum atomic E-state index is 12.6. The highest BCUT2D eigenvalue weighted by atomic mass is 32.1. The highest BCUT2D eigenvalue weighted by molar-refractivity contribution is 7.82. The summed E-state index contributed by atoms with van der Waals surface area (Å²) in [7, 11) is 0. The molecule has 4 heteroatoms. The monoisotopic (exact) mass is 320 g/mol. The van der Waals surface area contributed by atoms with Crippen LogP contribution in [0.15, 0.2) is 18.2 Å². The third-order valence-corrected chi connectivity index (χ3v) is 4.87. The van der Waals surface area contributed by atoms with Crippen molar-refractivity contribution in [1.29, 1.82) is 0 Å². The van der Waals surface area contributed by atoms with E-state index in [4.69, 9.17) is 0 Å². The van der Waals surface area contributed by atoms with Gasteiger partial charge in [0.15, 0.2) is 0 Å². The second-order valence-electron chi connectivity index (χ2n) is 6.46. The van der Waals surface area contributed by atoms with Crippen molar-refractivity contribution >= 4 is 24.5 Å². The molecule has 1 aliphatic carbocycles. The van der Waals surface area contributed by atoms with Gasteiger partial charge in [0.1, 0.15) is 0 Å². The van der Waals surface area contributed by atoms with Gasteiger partial charge in [0.2, 0.25) is 0 Å². The number of hydrogen-bond acceptors (Lipinski definition) is 2. The number of carbonyl (C=O) groups is 1. The maximum absolute atomic E-state index is 12.6. The molecular formula is C18H28N2OS. The normalized spacial score (nSPS) is 15.9. The number of nitrogens with zero attached hydrogens (tertiary/aromatic N) is 1. The Hall–Kier alpha value is -1.16. The van der Waals surface area contributed by atoms with Crippen molar-refractivity contribution in [3.8, 4) is 0 Å². The van der Waals surface area contributed by atoms with Gasteiger partial charge >= 0.3 is 6.03 Å². The summed E-state index contributed by atoms with van der Waals surface area (Å²) < 4.78 is 1.52. The van der Waals surface area contributed by atoms with Crippen LogP contribution in [0.25, 0.3) is 0 Å². The van der Waals surface area contributed by atoms with Gasteiger partial charge < -0.3 is 5.32 Å². The van der Waals surface area contributed by atoms with Gasteiger partial charge in [0.25, 0.3) is 0 Å². The van der Waals surface area contributed by atoms with Gasteiger partial charge in [0.05, 0.1) is 5.69 Å². The van der Waals surface area contributed by atoms with E-state index in [1.54, 1.807) is 0 Å². The minimum atomic E-state index is -0.0990. The van der Waals surface area contributed by atoms with Crippen LogP contribution in [0.2, 0.25) is 0 Å². The highest BCUT2D eigenvalue weighted by Gasteiger charge is 2.23. The molecule has 0 atom stereocenters. The van der Waals surface area contributed by atoms with E-state index in [2.05, 4.69) is 57.1 Å². The zero-order valence-corrected chi connectivity index (χ0v) is 14.8. The number of rotatable bonds is 4. The van der Waals surface area contributed by atoms with Gasteiger partial charge in [-0.3, -0.25) is 0 Å². The number of benzene rings is 1. The molecule has 0 unspecified atom stereocenters. The van der Waals surface area contributed by atoms with Crippen molar-refractivity contribution in [3.05, 3.63) is 29.3 Å².